The van der Waals surface area contributed by atoms with Gasteiger partial charge in [0.05, 0.1) is 16.3 Å². The summed E-state index contributed by atoms with van der Waals surface area (Å²) in [6.45, 7) is 0. The number of aromatic nitrogens is 1. The number of hydrogen-bond donors (Lipinski definition) is 0. The molecule has 1 atom stereocenters. The Bertz CT molecular complexity index is 1620. The van der Waals surface area contributed by atoms with Gasteiger partial charge in [0.2, 0.25) is 0 Å². The third-order valence-electron chi connectivity index (χ3n) is 6.21. The second-order valence-electron chi connectivity index (χ2n) is 8.22. The Hall–Kier alpha value is -2.29. The summed E-state index contributed by atoms with van der Waals surface area (Å²) in [5.41, 5.74) is 6.94. The van der Waals surface area contributed by atoms with Crippen molar-refractivity contribution < 1.29 is 0 Å². The number of benzene rings is 3. The molecule has 0 N–H and O–H groups in total. The second-order valence-corrected chi connectivity index (χ2v) is 11.4. The van der Waals surface area contributed by atoms with E-state index in [4.69, 9.17) is 4.99 Å². The Morgan fingerprint density at radius 3 is 2.67 bits per heavy atom. The van der Waals surface area contributed by atoms with Crippen molar-refractivity contribution in [2.75, 3.05) is 0 Å². The Labute approximate surface area is 217 Å². The van der Waals surface area contributed by atoms with Crippen molar-refractivity contribution in [3.8, 4) is 0 Å². The van der Waals surface area contributed by atoms with Gasteiger partial charge < -0.3 is 0 Å². The maximum absolute atomic E-state index is 13.7. The summed E-state index contributed by atoms with van der Waals surface area (Å²) in [4.78, 5) is 19.6. The first-order valence-electron chi connectivity index (χ1n) is 10.7. The molecule has 3 aromatic carbocycles. The van der Waals surface area contributed by atoms with Crippen molar-refractivity contribution >= 4 is 61.6 Å². The van der Waals surface area contributed by atoms with Crippen LogP contribution in [0.1, 0.15) is 34.7 Å². The summed E-state index contributed by atoms with van der Waals surface area (Å²) >= 11 is 7.33. The number of nitrogens with zero attached hydrogens (tertiary/aromatic N) is 2. The molecule has 4 aromatic rings. The van der Waals surface area contributed by atoms with Crippen LogP contribution in [0.15, 0.2) is 92.6 Å². The number of aryl methyl sites for hydroxylation is 1. The van der Waals surface area contributed by atoms with Crippen LogP contribution >= 0.6 is 49.9 Å². The number of halogens is 2. The zero-order chi connectivity index (χ0) is 22.5. The molecule has 162 valence electrons. The predicted octanol–water partition coefficient (Wildman–Crippen LogP) is 5.69. The molecule has 1 aliphatic carbocycles. The van der Waals surface area contributed by atoms with Crippen LogP contribution in [0.25, 0.3) is 11.8 Å². The summed E-state index contributed by atoms with van der Waals surface area (Å²) in [5.74, 6) is 0. The third kappa shape index (κ3) is 3.78. The minimum absolute atomic E-state index is 0.0240. The van der Waals surface area contributed by atoms with E-state index < -0.39 is 0 Å². The van der Waals surface area contributed by atoms with Crippen LogP contribution in [0.5, 0.6) is 0 Å². The van der Waals surface area contributed by atoms with Crippen molar-refractivity contribution in [2.45, 2.75) is 18.9 Å². The molecule has 0 amide bonds. The van der Waals surface area contributed by atoms with E-state index >= 15 is 0 Å². The van der Waals surface area contributed by atoms with Gasteiger partial charge in [0, 0.05) is 13.6 Å². The SMILES string of the molecule is O=c1/c(=C/c2cccc(I)c2)sc2n1[C@H](c1ccc(Br)cc1)C1=C(N=2)c2ccccc2CC1. The van der Waals surface area contributed by atoms with Gasteiger partial charge in [-0.15, -0.1) is 0 Å². The molecule has 0 spiro atoms. The molecule has 3 nitrogen and oxygen atoms in total. The summed E-state index contributed by atoms with van der Waals surface area (Å²) < 4.78 is 4.79. The summed E-state index contributed by atoms with van der Waals surface area (Å²) in [6.07, 6.45) is 3.85. The number of hydrogen-bond acceptors (Lipinski definition) is 3. The third-order valence-corrected chi connectivity index (χ3v) is 8.39. The fourth-order valence-electron chi connectivity index (χ4n) is 4.72. The number of allylic oxidation sites excluding steroid dienone is 1. The van der Waals surface area contributed by atoms with Gasteiger partial charge in [-0.2, -0.15) is 0 Å². The Balaban J connectivity index is 1.63. The number of fused-ring (bicyclic) bond motifs is 3. The van der Waals surface area contributed by atoms with E-state index in [-0.39, 0.29) is 11.6 Å². The molecule has 1 aromatic heterocycles. The molecule has 0 saturated carbocycles. The van der Waals surface area contributed by atoms with Gasteiger partial charge in [-0.05, 0) is 88.0 Å². The largest absolute Gasteiger partial charge is 0.272 e. The average molecular weight is 625 g/mol. The smallest absolute Gasteiger partial charge is 0.271 e. The molecule has 1 aliphatic heterocycles. The molecule has 0 radical (unpaired) electrons. The summed E-state index contributed by atoms with van der Waals surface area (Å²) in [6, 6.07) is 24.9. The zero-order valence-corrected chi connectivity index (χ0v) is 22.0. The molecule has 6 heteroatoms. The van der Waals surface area contributed by atoms with Gasteiger partial charge in [-0.25, -0.2) is 4.99 Å². The summed E-state index contributed by atoms with van der Waals surface area (Å²) in [7, 11) is 0. The highest BCUT2D eigenvalue weighted by Gasteiger charge is 2.32. The van der Waals surface area contributed by atoms with Crippen LogP contribution < -0.4 is 14.9 Å². The maximum Gasteiger partial charge on any atom is 0.271 e. The average Bonchev–Trinajstić information content (AvgIpc) is 3.13. The van der Waals surface area contributed by atoms with E-state index in [1.165, 1.54) is 28.0 Å². The van der Waals surface area contributed by atoms with Crippen molar-refractivity contribution in [2.24, 2.45) is 4.99 Å². The van der Waals surface area contributed by atoms with E-state index in [0.717, 1.165) is 42.5 Å². The fourth-order valence-corrected chi connectivity index (χ4v) is 6.55. The topological polar surface area (TPSA) is 34.4 Å². The first kappa shape index (κ1) is 21.3. The van der Waals surface area contributed by atoms with Crippen LogP contribution in [0.4, 0.5) is 0 Å². The first-order valence-corrected chi connectivity index (χ1v) is 13.4. The molecular weight excluding hydrogens is 607 g/mol. The number of thiazole rings is 1. The van der Waals surface area contributed by atoms with Gasteiger partial charge in [0.25, 0.3) is 5.56 Å². The normalized spacial score (nSPS) is 17.3. The molecule has 33 heavy (non-hydrogen) atoms. The molecule has 0 fully saturated rings. The van der Waals surface area contributed by atoms with Gasteiger partial charge in [0.15, 0.2) is 4.80 Å². The highest BCUT2D eigenvalue weighted by Crippen LogP contribution is 2.41. The lowest BCUT2D eigenvalue weighted by Crippen LogP contribution is -2.38. The van der Waals surface area contributed by atoms with Crippen molar-refractivity contribution in [3.05, 3.63) is 128 Å². The van der Waals surface area contributed by atoms with Gasteiger partial charge in [-0.3, -0.25) is 9.36 Å². The Kier molecular flexibility index (Phi) is 5.47. The van der Waals surface area contributed by atoms with E-state index in [9.17, 15) is 4.79 Å². The molecule has 0 saturated heterocycles. The minimum Gasteiger partial charge on any atom is -0.272 e. The standard InChI is InChI=1S/C27H18BrIN2OS/c28-19-11-8-18(9-12-19)25-22-13-10-17-5-1-2-7-21(17)24(22)30-27-31(25)26(32)23(33-27)15-16-4-3-6-20(29)14-16/h1-9,11-12,14-15,25H,10,13H2/b23-15-/t25-/m1/s1. The lowest BCUT2D eigenvalue weighted by molar-refractivity contribution is 0.585. The molecular formula is C27H18BrIN2OS. The molecule has 0 bridgehead atoms. The highest BCUT2D eigenvalue weighted by atomic mass is 127. The fraction of sp³-hybridized carbons (Fsp3) is 0.111. The van der Waals surface area contributed by atoms with E-state index in [2.05, 4.69) is 87.1 Å². The van der Waals surface area contributed by atoms with Gasteiger partial charge in [-0.1, -0.05) is 75.8 Å². The first-order chi connectivity index (χ1) is 16.1. The molecule has 6 rings (SSSR count). The number of rotatable bonds is 2. The minimum atomic E-state index is -0.143. The van der Waals surface area contributed by atoms with Crippen LogP contribution in [-0.2, 0) is 6.42 Å². The Morgan fingerprint density at radius 2 is 1.85 bits per heavy atom. The molecule has 2 aliphatic rings. The van der Waals surface area contributed by atoms with Crippen LogP contribution in [0.3, 0.4) is 0 Å². The van der Waals surface area contributed by atoms with Gasteiger partial charge in [0.1, 0.15) is 0 Å². The molecule has 2 heterocycles. The van der Waals surface area contributed by atoms with E-state index in [1.807, 2.05) is 34.9 Å². The monoisotopic (exact) mass is 624 g/mol. The van der Waals surface area contributed by atoms with E-state index in [1.54, 1.807) is 0 Å². The Morgan fingerprint density at radius 1 is 1.03 bits per heavy atom. The van der Waals surface area contributed by atoms with Crippen molar-refractivity contribution in [1.29, 1.82) is 0 Å². The lowest BCUT2D eigenvalue weighted by Gasteiger charge is -2.30. The van der Waals surface area contributed by atoms with Crippen molar-refractivity contribution in [1.82, 2.24) is 4.57 Å². The summed E-state index contributed by atoms with van der Waals surface area (Å²) in [5, 5.41) is 0. The van der Waals surface area contributed by atoms with Crippen LogP contribution in [0, 0.1) is 3.57 Å². The lowest BCUT2D eigenvalue weighted by atomic mass is 9.83. The quantitative estimate of drug-likeness (QED) is 0.264. The maximum atomic E-state index is 13.7. The molecule has 0 unspecified atom stereocenters. The van der Waals surface area contributed by atoms with Crippen LogP contribution in [-0.4, -0.2) is 4.57 Å². The van der Waals surface area contributed by atoms with Gasteiger partial charge >= 0.3 is 0 Å². The van der Waals surface area contributed by atoms with Crippen molar-refractivity contribution in [3.63, 3.8) is 0 Å². The van der Waals surface area contributed by atoms with E-state index in [0.29, 0.717) is 4.53 Å². The van der Waals surface area contributed by atoms with Crippen LogP contribution in [0.2, 0.25) is 0 Å². The second kappa shape index (κ2) is 8.49. The predicted molar refractivity (Wildman–Crippen MR) is 146 cm³/mol. The zero-order valence-electron chi connectivity index (χ0n) is 17.5. The highest BCUT2D eigenvalue weighted by molar-refractivity contribution is 14.1.